The molecule has 3 nitrogen and oxygen atoms in total. The van der Waals surface area contributed by atoms with Crippen molar-refractivity contribution < 1.29 is 9.53 Å². The summed E-state index contributed by atoms with van der Waals surface area (Å²) in [7, 11) is 1.37. The number of aromatic amines is 1. The molecule has 0 saturated heterocycles. The molecule has 1 aromatic carbocycles. The van der Waals surface area contributed by atoms with Gasteiger partial charge in [-0.3, -0.25) is 0 Å². The van der Waals surface area contributed by atoms with Crippen molar-refractivity contribution in [1.82, 2.24) is 4.98 Å². The molecule has 1 aromatic heterocycles. The third-order valence-electron chi connectivity index (χ3n) is 2.63. The summed E-state index contributed by atoms with van der Waals surface area (Å²) in [5.41, 5.74) is 2.47. The predicted octanol–water partition coefficient (Wildman–Crippen LogP) is 3.17. The molecule has 0 aliphatic heterocycles. The lowest BCUT2D eigenvalue weighted by Gasteiger charge is -1.99. The van der Waals surface area contributed by atoms with Crippen LogP contribution in [0.15, 0.2) is 18.2 Å². The van der Waals surface area contributed by atoms with E-state index < -0.39 is 0 Å². The highest BCUT2D eigenvalue weighted by atomic mass is 35.5. The van der Waals surface area contributed by atoms with Gasteiger partial charge >= 0.3 is 5.97 Å². The Balaban J connectivity index is 2.60. The van der Waals surface area contributed by atoms with E-state index >= 15 is 0 Å². The number of halogens is 1. The van der Waals surface area contributed by atoms with E-state index in [1.807, 2.05) is 13.0 Å². The minimum Gasteiger partial charge on any atom is -0.465 e. The van der Waals surface area contributed by atoms with Gasteiger partial charge in [-0.25, -0.2) is 4.79 Å². The SMILES string of the molecule is CCc1c(Cl)[nH]c2cc(C(=O)OC)ccc12. The van der Waals surface area contributed by atoms with Crippen LogP contribution in [-0.2, 0) is 11.2 Å². The highest BCUT2D eigenvalue weighted by molar-refractivity contribution is 6.31. The molecule has 1 heterocycles. The van der Waals surface area contributed by atoms with Gasteiger partial charge in [0.1, 0.15) is 5.15 Å². The number of aryl methyl sites for hydroxylation is 1. The van der Waals surface area contributed by atoms with Gasteiger partial charge in [-0.1, -0.05) is 24.6 Å². The van der Waals surface area contributed by atoms with Crippen LogP contribution in [0.2, 0.25) is 5.15 Å². The monoisotopic (exact) mass is 237 g/mol. The topological polar surface area (TPSA) is 42.1 Å². The Hall–Kier alpha value is -1.48. The van der Waals surface area contributed by atoms with Crippen LogP contribution in [-0.4, -0.2) is 18.1 Å². The third kappa shape index (κ3) is 1.67. The van der Waals surface area contributed by atoms with Crippen LogP contribution in [0.1, 0.15) is 22.8 Å². The quantitative estimate of drug-likeness (QED) is 0.816. The zero-order chi connectivity index (χ0) is 11.7. The van der Waals surface area contributed by atoms with E-state index in [9.17, 15) is 4.79 Å². The van der Waals surface area contributed by atoms with E-state index in [4.69, 9.17) is 11.6 Å². The first-order valence-electron chi connectivity index (χ1n) is 5.05. The Morgan fingerprint density at radius 1 is 1.50 bits per heavy atom. The number of carbonyl (C=O) groups is 1. The van der Waals surface area contributed by atoms with Crippen molar-refractivity contribution in [2.24, 2.45) is 0 Å². The van der Waals surface area contributed by atoms with Gasteiger partial charge in [-0.2, -0.15) is 0 Å². The van der Waals surface area contributed by atoms with Crippen LogP contribution in [0, 0.1) is 0 Å². The fourth-order valence-corrected chi connectivity index (χ4v) is 2.15. The number of esters is 1. The average molecular weight is 238 g/mol. The molecule has 2 rings (SSSR count). The van der Waals surface area contributed by atoms with Crippen LogP contribution in [0.5, 0.6) is 0 Å². The smallest absolute Gasteiger partial charge is 0.337 e. The average Bonchev–Trinajstić information content (AvgIpc) is 2.62. The second-order valence-corrected chi connectivity index (χ2v) is 3.90. The molecule has 0 spiro atoms. The summed E-state index contributed by atoms with van der Waals surface area (Å²) in [6.45, 7) is 2.04. The maximum atomic E-state index is 11.3. The van der Waals surface area contributed by atoms with Crippen molar-refractivity contribution in [1.29, 1.82) is 0 Å². The molecular formula is C12H12ClNO2. The zero-order valence-electron chi connectivity index (χ0n) is 9.13. The molecule has 84 valence electrons. The Bertz CT molecular complexity index is 545. The molecule has 0 aliphatic carbocycles. The standard InChI is InChI=1S/C12H12ClNO2/c1-3-8-9-5-4-7(12(15)16-2)6-10(9)14-11(8)13/h4-6,14H,3H2,1-2H3. The third-order valence-corrected chi connectivity index (χ3v) is 2.95. The molecule has 4 heteroatoms. The normalized spacial score (nSPS) is 10.7. The lowest BCUT2D eigenvalue weighted by Crippen LogP contribution is -2.00. The first-order valence-corrected chi connectivity index (χ1v) is 5.43. The van der Waals surface area contributed by atoms with E-state index in [2.05, 4.69) is 9.72 Å². The lowest BCUT2D eigenvalue weighted by molar-refractivity contribution is 0.0601. The van der Waals surface area contributed by atoms with Crippen LogP contribution in [0.4, 0.5) is 0 Å². The Morgan fingerprint density at radius 3 is 2.88 bits per heavy atom. The van der Waals surface area contributed by atoms with Crippen molar-refractivity contribution in [2.75, 3.05) is 7.11 Å². The summed E-state index contributed by atoms with van der Waals surface area (Å²) in [4.78, 5) is 14.4. The Labute approximate surface area is 98.4 Å². The van der Waals surface area contributed by atoms with Crippen molar-refractivity contribution in [3.8, 4) is 0 Å². The van der Waals surface area contributed by atoms with Gasteiger partial charge in [0.15, 0.2) is 0 Å². The number of methoxy groups -OCH3 is 1. The molecule has 0 fully saturated rings. The summed E-state index contributed by atoms with van der Waals surface area (Å²) in [5, 5.41) is 1.69. The summed E-state index contributed by atoms with van der Waals surface area (Å²) < 4.78 is 4.66. The fraction of sp³-hybridized carbons (Fsp3) is 0.250. The van der Waals surface area contributed by atoms with E-state index in [0.717, 1.165) is 22.9 Å². The van der Waals surface area contributed by atoms with Gasteiger partial charge in [0.2, 0.25) is 0 Å². The van der Waals surface area contributed by atoms with Gasteiger partial charge in [0.25, 0.3) is 0 Å². The number of nitrogens with one attached hydrogen (secondary N) is 1. The van der Waals surface area contributed by atoms with Crippen molar-refractivity contribution in [2.45, 2.75) is 13.3 Å². The summed E-state index contributed by atoms with van der Waals surface area (Å²) in [6.07, 6.45) is 0.858. The van der Waals surface area contributed by atoms with E-state index in [0.29, 0.717) is 10.7 Å². The summed E-state index contributed by atoms with van der Waals surface area (Å²) in [6, 6.07) is 5.40. The minimum atomic E-state index is -0.342. The minimum absolute atomic E-state index is 0.342. The van der Waals surface area contributed by atoms with Gasteiger partial charge < -0.3 is 9.72 Å². The molecular weight excluding hydrogens is 226 g/mol. The molecule has 0 amide bonds. The summed E-state index contributed by atoms with van der Waals surface area (Å²) in [5.74, 6) is -0.342. The molecule has 0 bridgehead atoms. The van der Waals surface area contributed by atoms with Gasteiger partial charge in [-0.05, 0) is 24.1 Å². The molecule has 0 radical (unpaired) electrons. The number of carbonyl (C=O) groups excluding carboxylic acids is 1. The van der Waals surface area contributed by atoms with Gasteiger partial charge in [-0.15, -0.1) is 0 Å². The van der Waals surface area contributed by atoms with Crippen LogP contribution in [0.3, 0.4) is 0 Å². The first-order chi connectivity index (χ1) is 7.67. The molecule has 0 aliphatic rings. The number of fused-ring (bicyclic) bond motifs is 1. The largest absolute Gasteiger partial charge is 0.465 e. The number of benzene rings is 1. The zero-order valence-corrected chi connectivity index (χ0v) is 9.89. The number of rotatable bonds is 2. The first kappa shape index (κ1) is 11.0. The maximum absolute atomic E-state index is 11.3. The number of ether oxygens (including phenoxy) is 1. The Morgan fingerprint density at radius 2 is 2.25 bits per heavy atom. The molecule has 0 saturated carbocycles. The number of aromatic nitrogens is 1. The lowest BCUT2D eigenvalue weighted by atomic mass is 10.1. The van der Waals surface area contributed by atoms with Crippen molar-refractivity contribution in [3.05, 3.63) is 34.5 Å². The predicted molar refractivity (Wildman–Crippen MR) is 64.0 cm³/mol. The number of hydrogen-bond acceptors (Lipinski definition) is 2. The highest BCUT2D eigenvalue weighted by Gasteiger charge is 2.11. The molecule has 0 atom stereocenters. The molecule has 1 N–H and O–H groups in total. The van der Waals surface area contributed by atoms with Gasteiger partial charge in [0, 0.05) is 10.9 Å². The second kappa shape index (κ2) is 4.18. The van der Waals surface area contributed by atoms with Crippen LogP contribution >= 0.6 is 11.6 Å². The molecule has 16 heavy (non-hydrogen) atoms. The second-order valence-electron chi connectivity index (χ2n) is 3.52. The number of H-pyrrole nitrogens is 1. The maximum Gasteiger partial charge on any atom is 0.337 e. The van der Waals surface area contributed by atoms with Crippen LogP contribution in [0.25, 0.3) is 10.9 Å². The fourth-order valence-electron chi connectivity index (χ4n) is 1.81. The van der Waals surface area contributed by atoms with E-state index in [1.54, 1.807) is 12.1 Å². The van der Waals surface area contributed by atoms with Gasteiger partial charge in [0.05, 0.1) is 12.7 Å². The highest BCUT2D eigenvalue weighted by Crippen LogP contribution is 2.27. The molecule has 0 unspecified atom stereocenters. The van der Waals surface area contributed by atoms with Crippen LogP contribution < -0.4 is 0 Å². The number of hydrogen-bond donors (Lipinski definition) is 1. The van der Waals surface area contributed by atoms with Crippen molar-refractivity contribution >= 4 is 28.5 Å². The molecule has 2 aromatic rings. The summed E-state index contributed by atoms with van der Waals surface area (Å²) >= 11 is 6.06. The Kier molecular flexibility index (Phi) is 2.88. The van der Waals surface area contributed by atoms with E-state index in [-0.39, 0.29) is 5.97 Å². The van der Waals surface area contributed by atoms with E-state index in [1.165, 1.54) is 7.11 Å². The van der Waals surface area contributed by atoms with Crippen molar-refractivity contribution in [3.63, 3.8) is 0 Å².